The number of nitrogens with zero attached hydrogens (tertiary/aromatic N) is 2. The molecule has 6 nitrogen and oxygen atoms in total. The number of benzene rings is 1. The zero-order valence-electron chi connectivity index (χ0n) is 10.9. The van der Waals surface area contributed by atoms with Crippen molar-refractivity contribution in [3.8, 4) is 11.8 Å². The molecule has 0 fully saturated rings. The van der Waals surface area contributed by atoms with Crippen LogP contribution in [0, 0.1) is 11.3 Å². The van der Waals surface area contributed by atoms with Crippen LogP contribution >= 0.6 is 0 Å². The maximum absolute atomic E-state index is 11.6. The molecule has 0 aliphatic rings. The highest BCUT2D eigenvalue weighted by Gasteiger charge is 2.04. The van der Waals surface area contributed by atoms with Gasteiger partial charge in [-0.25, -0.2) is 4.79 Å². The van der Waals surface area contributed by atoms with E-state index in [-0.39, 0.29) is 5.56 Å². The Morgan fingerprint density at radius 3 is 2.60 bits per heavy atom. The lowest BCUT2D eigenvalue weighted by Gasteiger charge is -2.06. The predicted molar refractivity (Wildman–Crippen MR) is 72.7 cm³/mol. The molecule has 102 valence electrons. The maximum Gasteiger partial charge on any atom is 0.328 e. The number of aromatic nitrogens is 2. The Labute approximate surface area is 114 Å². The van der Waals surface area contributed by atoms with Gasteiger partial charge in [-0.1, -0.05) is 12.1 Å². The normalized spacial score (nSPS) is 10.0. The quantitative estimate of drug-likeness (QED) is 0.884. The minimum absolute atomic E-state index is 0.0701. The van der Waals surface area contributed by atoms with Crippen molar-refractivity contribution in [3.63, 3.8) is 0 Å². The van der Waals surface area contributed by atoms with Crippen molar-refractivity contribution in [2.75, 3.05) is 7.11 Å². The third-order valence-electron chi connectivity index (χ3n) is 2.93. The highest BCUT2D eigenvalue weighted by Crippen LogP contribution is 2.11. The van der Waals surface area contributed by atoms with Gasteiger partial charge in [-0.2, -0.15) is 5.26 Å². The number of nitriles is 1. The van der Waals surface area contributed by atoms with Crippen LogP contribution in [0.5, 0.6) is 5.75 Å². The van der Waals surface area contributed by atoms with Crippen molar-refractivity contribution in [2.45, 2.75) is 13.0 Å². The fourth-order valence-electron chi connectivity index (χ4n) is 1.80. The van der Waals surface area contributed by atoms with Gasteiger partial charge in [0.15, 0.2) is 0 Å². The number of hydrogen-bond donors (Lipinski definition) is 1. The summed E-state index contributed by atoms with van der Waals surface area (Å²) in [5.74, 6) is 0.765. The van der Waals surface area contributed by atoms with Gasteiger partial charge in [0.05, 0.1) is 7.11 Å². The van der Waals surface area contributed by atoms with Crippen molar-refractivity contribution in [2.24, 2.45) is 0 Å². The van der Waals surface area contributed by atoms with Crippen LogP contribution in [0.1, 0.15) is 11.1 Å². The number of rotatable bonds is 4. The smallest absolute Gasteiger partial charge is 0.328 e. The number of aromatic amines is 1. The molecule has 0 bridgehead atoms. The summed E-state index contributed by atoms with van der Waals surface area (Å²) in [7, 11) is 1.60. The summed E-state index contributed by atoms with van der Waals surface area (Å²) in [6, 6.07) is 9.24. The summed E-state index contributed by atoms with van der Waals surface area (Å²) < 4.78 is 6.39. The van der Waals surface area contributed by atoms with E-state index < -0.39 is 11.2 Å². The van der Waals surface area contributed by atoms with Gasteiger partial charge in [-0.3, -0.25) is 14.3 Å². The molecule has 0 spiro atoms. The lowest BCUT2D eigenvalue weighted by molar-refractivity contribution is 0.414. The van der Waals surface area contributed by atoms with Crippen molar-refractivity contribution in [1.82, 2.24) is 9.55 Å². The Balaban J connectivity index is 2.16. The highest BCUT2D eigenvalue weighted by atomic mass is 16.5. The topological polar surface area (TPSA) is 87.9 Å². The molecule has 2 rings (SSSR count). The number of H-pyrrole nitrogens is 1. The molecular formula is C14H13N3O3. The van der Waals surface area contributed by atoms with Crippen molar-refractivity contribution >= 4 is 0 Å². The van der Waals surface area contributed by atoms with Crippen LogP contribution in [0.15, 0.2) is 40.1 Å². The molecule has 2 aromatic rings. The molecule has 0 saturated heterocycles. The first-order valence-electron chi connectivity index (χ1n) is 6.01. The lowest BCUT2D eigenvalue weighted by Crippen LogP contribution is -2.31. The Morgan fingerprint density at radius 2 is 2.00 bits per heavy atom. The maximum atomic E-state index is 11.6. The molecule has 1 aromatic carbocycles. The van der Waals surface area contributed by atoms with Crippen LogP contribution in [0.3, 0.4) is 0 Å². The minimum atomic E-state index is -0.654. The minimum Gasteiger partial charge on any atom is -0.497 e. The second-order valence-corrected chi connectivity index (χ2v) is 4.21. The lowest BCUT2D eigenvalue weighted by atomic mass is 10.1. The summed E-state index contributed by atoms with van der Waals surface area (Å²) in [6.07, 6.45) is 1.89. The molecule has 1 N–H and O–H groups in total. The molecule has 0 unspecified atom stereocenters. The second-order valence-electron chi connectivity index (χ2n) is 4.21. The van der Waals surface area contributed by atoms with Crippen molar-refractivity contribution < 1.29 is 4.74 Å². The number of methoxy groups -OCH3 is 1. The van der Waals surface area contributed by atoms with Crippen LogP contribution in [0.2, 0.25) is 0 Å². The second kappa shape index (κ2) is 5.89. The summed E-state index contributed by atoms with van der Waals surface area (Å²) in [5, 5.41) is 8.78. The van der Waals surface area contributed by atoms with Gasteiger partial charge in [0.1, 0.15) is 17.4 Å². The molecule has 0 aliphatic heterocycles. The van der Waals surface area contributed by atoms with Gasteiger partial charge in [-0.15, -0.1) is 0 Å². The zero-order valence-corrected chi connectivity index (χ0v) is 10.9. The van der Waals surface area contributed by atoms with Crippen molar-refractivity contribution in [1.29, 1.82) is 5.26 Å². The van der Waals surface area contributed by atoms with Crippen LogP contribution < -0.4 is 16.0 Å². The van der Waals surface area contributed by atoms with E-state index in [1.807, 2.05) is 24.3 Å². The Kier molecular flexibility index (Phi) is 4.01. The fraction of sp³-hybridized carbons (Fsp3) is 0.214. The number of hydrogen-bond acceptors (Lipinski definition) is 4. The molecule has 1 aromatic heterocycles. The molecule has 0 atom stereocenters. The van der Waals surface area contributed by atoms with Gasteiger partial charge in [-0.05, 0) is 24.1 Å². The first-order valence-corrected chi connectivity index (χ1v) is 6.01. The first-order chi connectivity index (χ1) is 9.63. The zero-order chi connectivity index (χ0) is 14.5. The highest BCUT2D eigenvalue weighted by molar-refractivity contribution is 5.27. The molecule has 0 amide bonds. The van der Waals surface area contributed by atoms with E-state index in [2.05, 4.69) is 4.98 Å². The summed E-state index contributed by atoms with van der Waals surface area (Å²) >= 11 is 0. The van der Waals surface area contributed by atoms with E-state index in [0.29, 0.717) is 13.0 Å². The SMILES string of the molecule is COc1ccc(CCn2cc(C#N)c(=O)[nH]c2=O)cc1. The van der Waals surface area contributed by atoms with Crippen LogP contribution in [0.25, 0.3) is 0 Å². The van der Waals surface area contributed by atoms with E-state index in [0.717, 1.165) is 11.3 Å². The third kappa shape index (κ3) is 2.95. The standard InChI is InChI=1S/C14H13N3O3/c1-20-12-4-2-10(3-5-12)6-7-17-9-11(8-15)13(18)16-14(17)19/h2-5,9H,6-7H2,1H3,(H,16,18,19). The van der Waals surface area contributed by atoms with Gasteiger partial charge in [0.25, 0.3) is 5.56 Å². The third-order valence-corrected chi connectivity index (χ3v) is 2.93. The van der Waals surface area contributed by atoms with E-state index >= 15 is 0 Å². The van der Waals surface area contributed by atoms with E-state index in [1.165, 1.54) is 10.8 Å². The fourth-order valence-corrected chi connectivity index (χ4v) is 1.80. The van der Waals surface area contributed by atoms with Crippen LogP contribution in [-0.4, -0.2) is 16.7 Å². The Bertz CT molecular complexity index is 751. The van der Waals surface area contributed by atoms with Gasteiger partial charge >= 0.3 is 5.69 Å². The van der Waals surface area contributed by atoms with Crippen LogP contribution in [-0.2, 0) is 13.0 Å². The summed E-state index contributed by atoms with van der Waals surface area (Å²) in [6.45, 7) is 0.386. The molecular weight excluding hydrogens is 258 g/mol. The molecule has 0 radical (unpaired) electrons. The van der Waals surface area contributed by atoms with Crippen molar-refractivity contribution in [3.05, 3.63) is 62.4 Å². The predicted octanol–water partition coefficient (Wildman–Crippen LogP) is 0.660. The van der Waals surface area contributed by atoms with Crippen LogP contribution in [0.4, 0.5) is 0 Å². The number of nitrogens with one attached hydrogen (secondary N) is 1. The summed E-state index contributed by atoms with van der Waals surface area (Å²) in [4.78, 5) is 25.0. The van der Waals surface area contributed by atoms with E-state index in [4.69, 9.17) is 10.00 Å². The van der Waals surface area contributed by atoms with Gasteiger partial charge in [0.2, 0.25) is 0 Å². The van der Waals surface area contributed by atoms with Gasteiger partial charge < -0.3 is 4.74 Å². The molecule has 0 aliphatic carbocycles. The molecule has 6 heteroatoms. The largest absolute Gasteiger partial charge is 0.497 e. The summed E-state index contributed by atoms with van der Waals surface area (Å²) in [5.41, 5.74) is -0.206. The average molecular weight is 271 g/mol. The number of ether oxygens (including phenoxy) is 1. The van der Waals surface area contributed by atoms with E-state index in [9.17, 15) is 9.59 Å². The van der Waals surface area contributed by atoms with Gasteiger partial charge in [0, 0.05) is 12.7 Å². The number of aryl methyl sites for hydroxylation is 2. The monoisotopic (exact) mass is 271 g/mol. The Hall–Kier alpha value is -2.81. The molecule has 20 heavy (non-hydrogen) atoms. The molecule has 1 heterocycles. The first kappa shape index (κ1) is 13.6. The average Bonchev–Trinajstić information content (AvgIpc) is 2.47. The Morgan fingerprint density at radius 1 is 1.30 bits per heavy atom. The van der Waals surface area contributed by atoms with E-state index in [1.54, 1.807) is 13.2 Å². The molecule has 0 saturated carbocycles.